The van der Waals surface area contributed by atoms with Crippen LogP contribution in [0.15, 0.2) is 23.8 Å². The summed E-state index contributed by atoms with van der Waals surface area (Å²) in [6, 6.07) is 1.84. The van der Waals surface area contributed by atoms with Crippen molar-refractivity contribution in [2.75, 3.05) is 4.90 Å². The number of carbonyl (C=O) groups is 2. The van der Waals surface area contributed by atoms with Crippen LogP contribution in [0.3, 0.4) is 0 Å². The van der Waals surface area contributed by atoms with Crippen LogP contribution >= 0.6 is 11.3 Å². The van der Waals surface area contributed by atoms with Crippen LogP contribution in [-0.4, -0.2) is 48.6 Å². The maximum atomic E-state index is 13.2. The van der Waals surface area contributed by atoms with Crippen molar-refractivity contribution in [1.29, 1.82) is 0 Å². The lowest BCUT2D eigenvalue weighted by Gasteiger charge is -2.33. The molecule has 4 rings (SSSR count). The van der Waals surface area contributed by atoms with Crippen LogP contribution in [0.2, 0.25) is 0 Å². The fraction of sp³-hybridized carbons (Fsp3) is 0.474. The van der Waals surface area contributed by atoms with E-state index in [-0.39, 0.29) is 17.8 Å². The van der Waals surface area contributed by atoms with Crippen LogP contribution in [0.25, 0.3) is 5.78 Å². The van der Waals surface area contributed by atoms with Gasteiger partial charge >= 0.3 is 5.97 Å². The predicted octanol–water partition coefficient (Wildman–Crippen LogP) is 2.80. The molecule has 3 aromatic heterocycles. The number of aryl methyl sites for hydroxylation is 1. The lowest BCUT2D eigenvalue weighted by molar-refractivity contribution is -0.127. The number of aromatic nitrogens is 5. The molecule has 0 radical (unpaired) electrons. The molecule has 0 aliphatic heterocycles. The van der Waals surface area contributed by atoms with Gasteiger partial charge in [0.2, 0.25) is 0 Å². The molecule has 0 aromatic carbocycles. The molecule has 1 amide bonds. The highest BCUT2D eigenvalue weighted by Crippen LogP contribution is 2.29. The number of ether oxygens (including phenoxy) is 1. The molecule has 1 aliphatic rings. The van der Waals surface area contributed by atoms with E-state index in [2.05, 4.69) is 20.1 Å². The van der Waals surface area contributed by atoms with Gasteiger partial charge in [-0.05, 0) is 32.8 Å². The Balaban J connectivity index is 1.52. The van der Waals surface area contributed by atoms with E-state index in [4.69, 9.17) is 4.74 Å². The molecule has 1 atom stereocenters. The molecule has 1 saturated carbocycles. The SMILES string of the molecule is Cc1ccnc2nc(C(=O)OC(C)C(=O)N(c3nccs3)C3CCCCC3)nn12. The van der Waals surface area contributed by atoms with Gasteiger partial charge < -0.3 is 4.74 Å². The highest BCUT2D eigenvalue weighted by atomic mass is 32.1. The summed E-state index contributed by atoms with van der Waals surface area (Å²) in [4.78, 5) is 39.9. The van der Waals surface area contributed by atoms with Crippen LogP contribution in [0.4, 0.5) is 5.13 Å². The summed E-state index contributed by atoms with van der Waals surface area (Å²) in [6.45, 7) is 3.41. The molecular formula is C19H22N6O3S. The van der Waals surface area contributed by atoms with Gasteiger partial charge in [0, 0.05) is 29.5 Å². The third-order valence-corrected chi connectivity index (χ3v) is 5.82. The summed E-state index contributed by atoms with van der Waals surface area (Å²) in [6.07, 6.45) is 7.46. The van der Waals surface area contributed by atoms with Gasteiger partial charge in [0.05, 0.1) is 0 Å². The normalized spacial score (nSPS) is 15.9. The second kappa shape index (κ2) is 8.24. The fourth-order valence-electron chi connectivity index (χ4n) is 3.56. The highest BCUT2D eigenvalue weighted by molar-refractivity contribution is 7.13. The van der Waals surface area contributed by atoms with Gasteiger partial charge in [-0.25, -0.2) is 19.3 Å². The van der Waals surface area contributed by atoms with Crippen LogP contribution in [0, 0.1) is 6.92 Å². The Kier molecular flexibility index (Phi) is 5.52. The lowest BCUT2D eigenvalue weighted by atomic mass is 9.94. The van der Waals surface area contributed by atoms with Crippen molar-refractivity contribution in [1.82, 2.24) is 24.6 Å². The minimum atomic E-state index is -0.978. The molecule has 0 saturated heterocycles. The number of hydrogen-bond acceptors (Lipinski definition) is 8. The summed E-state index contributed by atoms with van der Waals surface area (Å²) in [5, 5.41) is 6.62. The molecular weight excluding hydrogens is 392 g/mol. The average Bonchev–Trinajstić information content (AvgIpc) is 3.39. The largest absolute Gasteiger partial charge is 0.447 e. The molecule has 29 heavy (non-hydrogen) atoms. The molecule has 152 valence electrons. The summed E-state index contributed by atoms with van der Waals surface area (Å²) in [5.74, 6) is -0.843. The van der Waals surface area contributed by atoms with E-state index in [1.807, 2.05) is 12.3 Å². The van der Waals surface area contributed by atoms with Gasteiger partial charge in [-0.3, -0.25) is 9.69 Å². The van der Waals surface area contributed by atoms with E-state index < -0.39 is 12.1 Å². The molecule has 9 nitrogen and oxygen atoms in total. The fourth-order valence-corrected chi connectivity index (χ4v) is 4.27. The second-order valence-electron chi connectivity index (χ2n) is 7.10. The number of esters is 1. The van der Waals surface area contributed by atoms with E-state index in [1.54, 1.807) is 30.3 Å². The van der Waals surface area contributed by atoms with Crippen molar-refractivity contribution >= 4 is 34.1 Å². The molecule has 10 heteroatoms. The number of thiazole rings is 1. The van der Waals surface area contributed by atoms with Crippen molar-refractivity contribution in [3.63, 3.8) is 0 Å². The number of rotatable bonds is 5. The van der Waals surface area contributed by atoms with Crippen molar-refractivity contribution < 1.29 is 14.3 Å². The molecule has 0 spiro atoms. The molecule has 3 heterocycles. The van der Waals surface area contributed by atoms with Crippen LogP contribution in [0.1, 0.15) is 55.3 Å². The first-order valence-corrected chi connectivity index (χ1v) is 10.5. The Labute approximate surface area is 171 Å². The molecule has 1 unspecified atom stereocenters. The van der Waals surface area contributed by atoms with Gasteiger partial charge in [0.15, 0.2) is 11.2 Å². The number of fused-ring (bicyclic) bond motifs is 1. The number of nitrogens with zero attached hydrogens (tertiary/aromatic N) is 6. The predicted molar refractivity (Wildman–Crippen MR) is 107 cm³/mol. The van der Waals surface area contributed by atoms with Gasteiger partial charge in [-0.15, -0.1) is 16.4 Å². The van der Waals surface area contributed by atoms with E-state index >= 15 is 0 Å². The van der Waals surface area contributed by atoms with E-state index in [0.717, 1.165) is 31.4 Å². The standard InChI is InChI=1S/C19H22N6O3S/c1-12-8-9-20-18-22-15(23-25(12)18)17(27)28-13(2)16(26)24(19-21-10-11-29-19)14-6-4-3-5-7-14/h8-11,13-14H,3-7H2,1-2H3. The minimum Gasteiger partial charge on any atom is -0.447 e. The first kappa shape index (κ1) is 19.4. The Bertz CT molecular complexity index is 1010. The van der Waals surface area contributed by atoms with Crippen LogP contribution in [-0.2, 0) is 9.53 Å². The van der Waals surface area contributed by atoms with Crippen molar-refractivity contribution in [3.05, 3.63) is 35.4 Å². The molecule has 0 bridgehead atoms. The molecule has 0 N–H and O–H groups in total. The zero-order valence-electron chi connectivity index (χ0n) is 16.3. The summed E-state index contributed by atoms with van der Waals surface area (Å²) in [7, 11) is 0. The number of hydrogen-bond donors (Lipinski definition) is 0. The Hall–Kier alpha value is -2.88. The van der Waals surface area contributed by atoms with Crippen LogP contribution < -0.4 is 4.90 Å². The number of carbonyl (C=O) groups excluding carboxylic acids is 2. The molecule has 1 aliphatic carbocycles. The van der Waals surface area contributed by atoms with Crippen molar-refractivity contribution in [2.24, 2.45) is 0 Å². The lowest BCUT2D eigenvalue weighted by Crippen LogP contribution is -2.47. The number of anilines is 1. The highest BCUT2D eigenvalue weighted by Gasteiger charge is 2.33. The van der Waals surface area contributed by atoms with Gasteiger partial charge in [-0.2, -0.15) is 4.98 Å². The minimum absolute atomic E-state index is 0.0729. The zero-order chi connectivity index (χ0) is 20.4. The topological polar surface area (TPSA) is 103 Å². The van der Waals surface area contributed by atoms with Gasteiger partial charge in [-0.1, -0.05) is 19.3 Å². The Morgan fingerprint density at radius 2 is 2.03 bits per heavy atom. The smallest absolute Gasteiger partial charge is 0.379 e. The van der Waals surface area contributed by atoms with E-state index in [9.17, 15) is 9.59 Å². The molecule has 1 fully saturated rings. The molecule has 3 aromatic rings. The first-order valence-electron chi connectivity index (χ1n) is 9.66. The van der Waals surface area contributed by atoms with Crippen LogP contribution in [0.5, 0.6) is 0 Å². The average molecular weight is 414 g/mol. The first-order chi connectivity index (χ1) is 14.0. The third-order valence-electron chi connectivity index (χ3n) is 5.05. The van der Waals surface area contributed by atoms with Crippen molar-refractivity contribution in [3.8, 4) is 0 Å². The Morgan fingerprint density at radius 3 is 2.72 bits per heavy atom. The van der Waals surface area contributed by atoms with E-state index in [1.165, 1.54) is 22.3 Å². The van der Waals surface area contributed by atoms with Gasteiger partial charge in [0.1, 0.15) is 0 Å². The maximum Gasteiger partial charge on any atom is 0.379 e. The quantitative estimate of drug-likeness (QED) is 0.592. The summed E-state index contributed by atoms with van der Waals surface area (Å²) < 4.78 is 6.88. The monoisotopic (exact) mass is 414 g/mol. The zero-order valence-corrected chi connectivity index (χ0v) is 17.1. The maximum absolute atomic E-state index is 13.2. The summed E-state index contributed by atoms with van der Waals surface area (Å²) >= 11 is 1.41. The third kappa shape index (κ3) is 3.98. The van der Waals surface area contributed by atoms with Gasteiger partial charge in [0.25, 0.3) is 17.5 Å². The second-order valence-corrected chi connectivity index (χ2v) is 7.97. The number of amides is 1. The van der Waals surface area contributed by atoms with E-state index in [0.29, 0.717) is 10.9 Å². The summed E-state index contributed by atoms with van der Waals surface area (Å²) in [5.41, 5.74) is 0.790. The Morgan fingerprint density at radius 1 is 1.24 bits per heavy atom. The van der Waals surface area contributed by atoms with Crippen molar-refractivity contribution in [2.45, 2.75) is 58.1 Å².